The first-order chi connectivity index (χ1) is 9.61. The fourth-order valence-corrected chi connectivity index (χ4v) is 4.12. The summed E-state index contributed by atoms with van der Waals surface area (Å²) in [4.78, 5) is 15.1. The number of hydrogen-bond acceptors (Lipinski definition) is 4. The summed E-state index contributed by atoms with van der Waals surface area (Å²) in [7, 11) is 2.08. The molecule has 0 aliphatic carbocycles. The molecule has 0 amide bonds. The molecule has 20 heavy (non-hydrogen) atoms. The highest BCUT2D eigenvalue weighted by atomic mass is 35.5. The van der Waals surface area contributed by atoms with Crippen LogP contribution in [0.1, 0.15) is 27.7 Å². The number of carbonyl (C=O) groups is 1. The minimum Gasteiger partial charge on any atom is -0.462 e. The van der Waals surface area contributed by atoms with Crippen molar-refractivity contribution in [2.75, 3.05) is 20.2 Å². The lowest BCUT2D eigenvalue weighted by Crippen LogP contribution is -2.19. The van der Waals surface area contributed by atoms with Crippen molar-refractivity contribution >= 4 is 39.0 Å². The lowest BCUT2D eigenvalue weighted by atomic mass is 10.0. The molecule has 0 radical (unpaired) electrons. The van der Waals surface area contributed by atoms with Crippen molar-refractivity contribution in [3.05, 3.63) is 33.2 Å². The Morgan fingerprint density at radius 2 is 2.30 bits per heavy atom. The molecule has 1 aromatic heterocycles. The summed E-state index contributed by atoms with van der Waals surface area (Å²) in [6.45, 7) is 3.97. The van der Waals surface area contributed by atoms with E-state index in [0.29, 0.717) is 11.5 Å². The van der Waals surface area contributed by atoms with Crippen LogP contribution in [0.15, 0.2) is 12.1 Å². The van der Waals surface area contributed by atoms with Gasteiger partial charge in [-0.1, -0.05) is 17.7 Å². The Morgan fingerprint density at radius 3 is 3.05 bits per heavy atom. The summed E-state index contributed by atoms with van der Waals surface area (Å²) < 4.78 is 6.20. The van der Waals surface area contributed by atoms with Gasteiger partial charge in [-0.2, -0.15) is 0 Å². The van der Waals surface area contributed by atoms with Gasteiger partial charge in [0.05, 0.1) is 16.3 Å². The second kappa shape index (κ2) is 5.35. The van der Waals surface area contributed by atoms with E-state index in [9.17, 15) is 4.79 Å². The van der Waals surface area contributed by atoms with Crippen molar-refractivity contribution < 1.29 is 9.53 Å². The van der Waals surface area contributed by atoms with Crippen LogP contribution in [0.3, 0.4) is 0 Å². The first-order valence-electron chi connectivity index (χ1n) is 6.70. The molecular formula is C15H16ClNO2S. The van der Waals surface area contributed by atoms with Crippen molar-refractivity contribution in [3.8, 4) is 0 Å². The Hall–Kier alpha value is -1.10. The monoisotopic (exact) mass is 309 g/mol. The maximum Gasteiger partial charge on any atom is 0.348 e. The third-order valence-corrected chi connectivity index (χ3v) is 5.30. The Labute approximate surface area is 127 Å². The number of esters is 1. The molecule has 2 aromatic rings. The molecule has 1 aromatic carbocycles. The number of hydrogen-bond donors (Lipinski definition) is 0. The summed E-state index contributed by atoms with van der Waals surface area (Å²) >= 11 is 7.77. The van der Waals surface area contributed by atoms with E-state index in [1.165, 1.54) is 16.9 Å². The van der Waals surface area contributed by atoms with Gasteiger partial charge in [-0.05, 0) is 37.6 Å². The molecule has 0 spiro atoms. The number of carbonyl (C=O) groups excluding carboxylic acids is 1. The average molecular weight is 310 g/mol. The third kappa shape index (κ3) is 2.22. The van der Waals surface area contributed by atoms with Crippen LogP contribution < -0.4 is 0 Å². The quantitative estimate of drug-likeness (QED) is 0.792. The smallest absolute Gasteiger partial charge is 0.348 e. The van der Waals surface area contributed by atoms with E-state index < -0.39 is 0 Å². The van der Waals surface area contributed by atoms with Crippen molar-refractivity contribution in [2.24, 2.45) is 0 Å². The first-order valence-corrected chi connectivity index (χ1v) is 7.89. The molecule has 0 saturated carbocycles. The normalized spacial score (nSPS) is 15.3. The maximum atomic E-state index is 12.2. The molecule has 1 aliphatic heterocycles. The van der Waals surface area contributed by atoms with Gasteiger partial charge in [0.15, 0.2) is 0 Å². The summed E-state index contributed by atoms with van der Waals surface area (Å²) in [5, 5.41) is 1.88. The van der Waals surface area contributed by atoms with E-state index in [1.54, 1.807) is 0 Å². The van der Waals surface area contributed by atoms with Crippen LogP contribution in [-0.4, -0.2) is 31.1 Å². The van der Waals surface area contributed by atoms with E-state index in [-0.39, 0.29) is 5.97 Å². The van der Waals surface area contributed by atoms with Gasteiger partial charge in [0, 0.05) is 18.5 Å². The molecule has 3 rings (SSSR count). The topological polar surface area (TPSA) is 29.5 Å². The van der Waals surface area contributed by atoms with Crippen LogP contribution in [0.4, 0.5) is 0 Å². The molecule has 0 fully saturated rings. The van der Waals surface area contributed by atoms with E-state index in [4.69, 9.17) is 16.3 Å². The first kappa shape index (κ1) is 13.9. The zero-order valence-electron chi connectivity index (χ0n) is 11.5. The van der Waals surface area contributed by atoms with Gasteiger partial charge < -0.3 is 9.64 Å². The SMILES string of the molecule is CCOC(=O)c1sc2c(Cl)ccc3c2c1CN(C)CC3. The maximum absolute atomic E-state index is 12.2. The van der Waals surface area contributed by atoms with Gasteiger partial charge >= 0.3 is 5.97 Å². The number of thiophene rings is 1. The summed E-state index contributed by atoms with van der Waals surface area (Å²) in [6, 6.07) is 4.01. The zero-order valence-corrected chi connectivity index (χ0v) is 13.1. The minimum atomic E-state index is -0.235. The van der Waals surface area contributed by atoms with Gasteiger partial charge in [0.25, 0.3) is 0 Å². The van der Waals surface area contributed by atoms with Crippen molar-refractivity contribution in [2.45, 2.75) is 19.9 Å². The van der Waals surface area contributed by atoms with E-state index >= 15 is 0 Å². The molecule has 5 heteroatoms. The van der Waals surface area contributed by atoms with Crippen LogP contribution in [0.5, 0.6) is 0 Å². The van der Waals surface area contributed by atoms with Gasteiger partial charge in [-0.15, -0.1) is 11.3 Å². The molecule has 0 unspecified atom stereocenters. The zero-order chi connectivity index (χ0) is 14.3. The van der Waals surface area contributed by atoms with E-state index in [1.807, 2.05) is 13.0 Å². The van der Waals surface area contributed by atoms with E-state index in [2.05, 4.69) is 18.0 Å². The van der Waals surface area contributed by atoms with Crippen molar-refractivity contribution in [3.63, 3.8) is 0 Å². The molecule has 0 atom stereocenters. The second-order valence-corrected chi connectivity index (χ2v) is 6.46. The lowest BCUT2D eigenvalue weighted by Gasteiger charge is -2.13. The van der Waals surface area contributed by atoms with Crippen LogP contribution >= 0.6 is 22.9 Å². The molecule has 0 bridgehead atoms. The number of halogens is 1. The number of rotatable bonds is 2. The molecule has 1 aliphatic rings. The van der Waals surface area contributed by atoms with E-state index in [0.717, 1.165) is 40.2 Å². The van der Waals surface area contributed by atoms with Gasteiger partial charge in [0.2, 0.25) is 0 Å². The predicted octanol–water partition coefficient (Wildman–Crippen LogP) is 3.72. The number of likely N-dealkylation sites (N-methyl/N-ethyl adjacent to an activating group) is 1. The van der Waals surface area contributed by atoms with Crippen molar-refractivity contribution in [1.82, 2.24) is 4.90 Å². The van der Waals surface area contributed by atoms with Gasteiger partial charge in [-0.25, -0.2) is 4.79 Å². The summed E-state index contributed by atoms with van der Waals surface area (Å²) in [5.41, 5.74) is 2.34. The predicted molar refractivity (Wildman–Crippen MR) is 82.8 cm³/mol. The molecular weight excluding hydrogens is 294 g/mol. The fraction of sp³-hybridized carbons (Fsp3) is 0.400. The van der Waals surface area contributed by atoms with Gasteiger partial charge in [0.1, 0.15) is 4.88 Å². The average Bonchev–Trinajstić information content (AvgIpc) is 2.70. The Bertz CT molecular complexity index is 680. The summed E-state index contributed by atoms with van der Waals surface area (Å²) in [6.07, 6.45) is 0.982. The standard InChI is InChI=1S/C15H16ClNO2S/c1-3-19-15(18)13-10-8-17(2)7-6-9-4-5-11(16)14(20-13)12(9)10/h4-5H,3,6-8H2,1-2H3. The van der Waals surface area contributed by atoms with Crippen LogP contribution in [0.25, 0.3) is 10.1 Å². The highest BCUT2D eigenvalue weighted by Crippen LogP contribution is 2.40. The van der Waals surface area contributed by atoms with Gasteiger partial charge in [-0.3, -0.25) is 0 Å². The molecule has 2 heterocycles. The second-order valence-electron chi connectivity index (χ2n) is 5.03. The Kier molecular flexibility index (Phi) is 3.71. The highest BCUT2D eigenvalue weighted by Gasteiger charge is 2.25. The number of nitrogens with zero attached hydrogens (tertiary/aromatic N) is 1. The molecule has 3 nitrogen and oxygen atoms in total. The molecule has 106 valence electrons. The van der Waals surface area contributed by atoms with Crippen LogP contribution in [0.2, 0.25) is 5.02 Å². The lowest BCUT2D eigenvalue weighted by molar-refractivity contribution is 0.0530. The Balaban J connectivity index is 2.26. The van der Waals surface area contributed by atoms with Crippen LogP contribution in [0, 0.1) is 0 Å². The van der Waals surface area contributed by atoms with Crippen LogP contribution in [-0.2, 0) is 17.7 Å². The van der Waals surface area contributed by atoms with Crippen molar-refractivity contribution in [1.29, 1.82) is 0 Å². The number of benzene rings is 1. The third-order valence-electron chi connectivity index (χ3n) is 3.63. The largest absolute Gasteiger partial charge is 0.462 e. The Morgan fingerprint density at radius 1 is 1.50 bits per heavy atom. The highest BCUT2D eigenvalue weighted by molar-refractivity contribution is 7.21. The minimum absolute atomic E-state index is 0.235. The summed E-state index contributed by atoms with van der Waals surface area (Å²) in [5.74, 6) is -0.235. The molecule has 0 saturated heterocycles. The fourth-order valence-electron chi connectivity index (χ4n) is 2.69. The molecule has 0 N–H and O–H groups in total. The number of ether oxygens (including phenoxy) is 1.